The van der Waals surface area contributed by atoms with Crippen molar-refractivity contribution in [1.82, 2.24) is 14.9 Å². The summed E-state index contributed by atoms with van der Waals surface area (Å²) in [6.07, 6.45) is 1.53. The fourth-order valence-electron chi connectivity index (χ4n) is 4.22. The van der Waals surface area contributed by atoms with Crippen LogP contribution in [0.25, 0.3) is 5.70 Å². The number of hydrogen-bond acceptors (Lipinski definition) is 8. The third kappa shape index (κ3) is 6.77. The van der Waals surface area contributed by atoms with Crippen molar-refractivity contribution in [2.75, 3.05) is 55.4 Å². The zero-order valence-corrected chi connectivity index (χ0v) is 21.8. The van der Waals surface area contributed by atoms with Gasteiger partial charge in [-0.3, -0.25) is 14.8 Å². The van der Waals surface area contributed by atoms with E-state index in [4.69, 9.17) is 5.53 Å². The third-order valence-electron chi connectivity index (χ3n) is 6.49. The van der Waals surface area contributed by atoms with E-state index >= 15 is 0 Å². The van der Waals surface area contributed by atoms with Crippen LogP contribution < -0.4 is 15.1 Å². The van der Waals surface area contributed by atoms with E-state index in [2.05, 4.69) is 37.2 Å². The molecule has 4 rings (SSSR count). The van der Waals surface area contributed by atoms with Crippen LogP contribution in [0.3, 0.4) is 0 Å². The fraction of sp³-hybridized carbons (Fsp3) is 0.296. The molecule has 2 aromatic heterocycles. The second-order valence-electron chi connectivity index (χ2n) is 9.34. The highest BCUT2D eigenvalue weighted by Crippen LogP contribution is 2.30. The summed E-state index contributed by atoms with van der Waals surface area (Å²) in [5, 5.41) is 6.33. The maximum Gasteiger partial charge on any atom is 0.416 e. The van der Waals surface area contributed by atoms with Crippen LogP contribution >= 0.6 is 0 Å². The Bertz CT molecular complexity index is 1380. The van der Waals surface area contributed by atoms with E-state index in [1.807, 2.05) is 13.0 Å². The minimum atomic E-state index is -4.58. The molecule has 0 radical (unpaired) electrons. The molecule has 0 saturated carbocycles. The Balaban J connectivity index is 1.54. The number of alkyl halides is 3. The lowest BCUT2D eigenvalue weighted by atomic mass is 10.1. The number of halogens is 3. The highest BCUT2D eigenvalue weighted by Gasteiger charge is 2.31. The second kappa shape index (κ2) is 11.6. The number of carbonyl (C=O) groups is 1. The number of piperazine rings is 1. The molecule has 12 heteroatoms. The quantitative estimate of drug-likeness (QED) is 0.398. The van der Waals surface area contributed by atoms with Crippen LogP contribution in [0.2, 0.25) is 0 Å². The molecule has 0 bridgehead atoms. The first-order valence-corrected chi connectivity index (χ1v) is 12.2. The molecule has 2 N–H and O–H groups in total. The van der Waals surface area contributed by atoms with Crippen LogP contribution in [-0.2, 0) is 6.18 Å². The first kappa shape index (κ1) is 27.7. The van der Waals surface area contributed by atoms with Crippen LogP contribution in [0.15, 0.2) is 66.3 Å². The zero-order valence-electron chi connectivity index (χ0n) is 21.8. The lowest BCUT2D eigenvalue weighted by molar-refractivity contribution is -0.137. The van der Waals surface area contributed by atoms with Crippen molar-refractivity contribution in [3.05, 3.63) is 83.6 Å². The van der Waals surface area contributed by atoms with Gasteiger partial charge in [-0.25, -0.2) is 5.53 Å². The number of aryl methyl sites for hydroxylation is 1. The van der Waals surface area contributed by atoms with E-state index in [0.717, 1.165) is 49.7 Å². The van der Waals surface area contributed by atoms with E-state index in [9.17, 15) is 18.0 Å². The van der Waals surface area contributed by atoms with Crippen LogP contribution in [0.5, 0.6) is 0 Å². The Morgan fingerprint density at radius 3 is 2.56 bits per heavy atom. The fourth-order valence-corrected chi connectivity index (χ4v) is 4.22. The number of likely N-dealkylation sites (N-methyl/N-ethyl adjacent to an activating group) is 1. The second-order valence-corrected chi connectivity index (χ2v) is 9.34. The summed E-state index contributed by atoms with van der Waals surface area (Å²) in [6, 6.07) is 8.61. The third-order valence-corrected chi connectivity index (χ3v) is 6.49. The molecule has 1 fully saturated rings. The number of rotatable bonds is 7. The maximum absolute atomic E-state index is 13.0. The number of aromatic nitrogens is 2. The van der Waals surface area contributed by atoms with Gasteiger partial charge in [0, 0.05) is 68.8 Å². The molecular formula is C27H29F3N8O. The molecule has 1 aliphatic rings. The minimum Gasteiger partial charge on any atom is -0.368 e. The number of pyridine rings is 2. The van der Waals surface area contributed by atoms with Crippen molar-refractivity contribution in [1.29, 1.82) is 5.53 Å². The van der Waals surface area contributed by atoms with Crippen molar-refractivity contribution in [2.24, 2.45) is 5.11 Å². The van der Waals surface area contributed by atoms with Gasteiger partial charge >= 0.3 is 6.18 Å². The van der Waals surface area contributed by atoms with Crippen LogP contribution in [0, 0.1) is 12.5 Å². The number of anilines is 3. The average molecular weight is 539 g/mol. The van der Waals surface area contributed by atoms with Gasteiger partial charge in [-0.2, -0.15) is 18.3 Å². The Morgan fingerprint density at radius 2 is 1.87 bits per heavy atom. The van der Waals surface area contributed by atoms with Gasteiger partial charge in [-0.1, -0.05) is 6.07 Å². The van der Waals surface area contributed by atoms with Crippen LogP contribution in [0.1, 0.15) is 27.2 Å². The summed E-state index contributed by atoms with van der Waals surface area (Å²) < 4.78 is 39.1. The Labute approximate surface area is 224 Å². The van der Waals surface area contributed by atoms with Crippen LogP contribution in [0.4, 0.5) is 30.2 Å². The van der Waals surface area contributed by atoms with Gasteiger partial charge in [0.1, 0.15) is 11.4 Å². The summed E-state index contributed by atoms with van der Waals surface area (Å²) in [5.41, 5.74) is 10.5. The van der Waals surface area contributed by atoms with E-state index in [1.165, 1.54) is 0 Å². The van der Waals surface area contributed by atoms with Gasteiger partial charge in [0.25, 0.3) is 5.91 Å². The molecule has 1 aromatic carbocycles. The van der Waals surface area contributed by atoms with E-state index in [0.29, 0.717) is 28.7 Å². The lowest BCUT2D eigenvalue weighted by Crippen LogP contribution is -2.44. The normalized spacial score (nSPS) is 14.7. The molecule has 9 nitrogen and oxygen atoms in total. The number of amides is 1. The van der Waals surface area contributed by atoms with Crippen molar-refractivity contribution in [3.63, 3.8) is 0 Å². The highest BCUT2D eigenvalue weighted by atomic mass is 19.4. The van der Waals surface area contributed by atoms with Gasteiger partial charge < -0.3 is 20.0 Å². The number of nitrogens with zero attached hydrogens (tertiary/aromatic N) is 6. The predicted molar refractivity (Wildman–Crippen MR) is 144 cm³/mol. The van der Waals surface area contributed by atoms with E-state index < -0.39 is 17.6 Å². The summed E-state index contributed by atoms with van der Waals surface area (Å²) >= 11 is 0. The standard InChI is InChI=1S/C27H29F3N8O/c1-18-4-5-21(34-26(39)23-13-20(6-7-33-23)27(28,29)30)14-25(18)37(3)17-24(35-31)19-12-22(16-32-15-19)38-10-8-36(2)9-11-38/h4-7,12-17,31H,8-11H2,1-3H3,(H,34,39)/b24-17-,35-31?. The Hall–Kier alpha value is -4.32. The molecule has 0 atom stereocenters. The largest absolute Gasteiger partial charge is 0.416 e. The van der Waals surface area contributed by atoms with Crippen molar-refractivity contribution in [2.45, 2.75) is 13.1 Å². The van der Waals surface area contributed by atoms with Gasteiger partial charge in [0.15, 0.2) is 0 Å². The summed E-state index contributed by atoms with van der Waals surface area (Å²) in [7, 11) is 3.87. The summed E-state index contributed by atoms with van der Waals surface area (Å²) in [4.78, 5) is 27.0. The molecule has 0 aliphatic carbocycles. The number of nitrogens with one attached hydrogen (secondary N) is 2. The maximum atomic E-state index is 13.0. The minimum absolute atomic E-state index is 0.344. The first-order chi connectivity index (χ1) is 18.5. The highest BCUT2D eigenvalue weighted by molar-refractivity contribution is 6.03. The monoisotopic (exact) mass is 538 g/mol. The van der Waals surface area contributed by atoms with Gasteiger partial charge in [0.05, 0.1) is 17.4 Å². The van der Waals surface area contributed by atoms with Gasteiger partial charge in [-0.15, -0.1) is 0 Å². The molecule has 3 heterocycles. The van der Waals surface area contributed by atoms with E-state index in [1.54, 1.807) is 48.7 Å². The molecular weight excluding hydrogens is 509 g/mol. The van der Waals surface area contributed by atoms with E-state index in [-0.39, 0.29) is 5.69 Å². The molecule has 39 heavy (non-hydrogen) atoms. The SMILES string of the molecule is Cc1ccc(NC(=O)c2cc(C(F)(F)F)ccn2)cc1N(C)/C=C(\N=N)c1cncc(N2CCN(C)CC2)c1. The Morgan fingerprint density at radius 1 is 1.13 bits per heavy atom. The smallest absolute Gasteiger partial charge is 0.368 e. The van der Waals surface area contributed by atoms with Crippen LogP contribution in [-0.4, -0.2) is 61.0 Å². The molecule has 1 aliphatic heterocycles. The van der Waals surface area contributed by atoms with Crippen molar-refractivity contribution in [3.8, 4) is 0 Å². The lowest BCUT2D eigenvalue weighted by Gasteiger charge is -2.34. The zero-order chi connectivity index (χ0) is 28.2. The summed E-state index contributed by atoms with van der Waals surface area (Å²) in [5.74, 6) is -0.761. The average Bonchev–Trinajstić information content (AvgIpc) is 2.92. The molecule has 0 spiro atoms. The Kier molecular flexibility index (Phi) is 8.24. The number of hydrogen-bond donors (Lipinski definition) is 2. The topological polar surface area (TPSA) is 101 Å². The molecule has 1 saturated heterocycles. The summed E-state index contributed by atoms with van der Waals surface area (Å²) in [6.45, 7) is 5.55. The number of carbonyl (C=O) groups excluding carboxylic acids is 1. The molecule has 0 unspecified atom stereocenters. The molecule has 1 amide bonds. The number of benzene rings is 1. The first-order valence-electron chi connectivity index (χ1n) is 12.2. The molecule has 204 valence electrons. The predicted octanol–water partition coefficient (Wildman–Crippen LogP) is 5.27. The van der Waals surface area contributed by atoms with Crippen molar-refractivity contribution >= 4 is 28.7 Å². The molecule has 3 aromatic rings. The van der Waals surface area contributed by atoms with Crippen molar-refractivity contribution < 1.29 is 18.0 Å². The van der Waals surface area contributed by atoms with Gasteiger partial charge in [-0.05, 0) is 49.9 Å². The van der Waals surface area contributed by atoms with Gasteiger partial charge in [0.2, 0.25) is 0 Å².